The van der Waals surface area contributed by atoms with Gasteiger partial charge in [0.2, 0.25) is 5.91 Å². The molecule has 1 fully saturated rings. The normalized spacial score (nSPS) is 16.8. The second-order valence-electron chi connectivity index (χ2n) is 5.54. The summed E-state index contributed by atoms with van der Waals surface area (Å²) < 4.78 is 5.20. The van der Waals surface area contributed by atoms with Gasteiger partial charge in [-0.25, -0.2) is 4.79 Å². The molecule has 1 atom stereocenters. The van der Waals surface area contributed by atoms with E-state index in [0.717, 1.165) is 5.69 Å². The lowest BCUT2D eigenvalue weighted by Gasteiger charge is -2.17. The second kappa shape index (κ2) is 7.04. The summed E-state index contributed by atoms with van der Waals surface area (Å²) in [5.41, 5.74) is 1.43. The van der Waals surface area contributed by atoms with Gasteiger partial charge in [0.1, 0.15) is 5.75 Å². The maximum atomic E-state index is 12.2. The molecule has 0 spiro atoms. The number of ether oxygens (including phenoxy) is 1. The highest BCUT2D eigenvalue weighted by Crippen LogP contribution is 2.24. The first-order valence-corrected chi connectivity index (χ1v) is 7.73. The number of anilines is 2. The van der Waals surface area contributed by atoms with E-state index in [1.54, 1.807) is 24.1 Å². The van der Waals surface area contributed by atoms with Crippen LogP contribution in [0.25, 0.3) is 0 Å². The zero-order valence-corrected chi connectivity index (χ0v) is 13.4. The molecule has 1 unspecified atom stereocenters. The van der Waals surface area contributed by atoms with E-state index in [1.165, 1.54) is 0 Å². The molecule has 124 valence electrons. The van der Waals surface area contributed by atoms with Gasteiger partial charge in [0.25, 0.3) is 0 Å². The third-order valence-corrected chi connectivity index (χ3v) is 3.88. The Kier molecular flexibility index (Phi) is 4.65. The van der Waals surface area contributed by atoms with Gasteiger partial charge in [0, 0.05) is 18.7 Å². The minimum atomic E-state index is -0.354. The summed E-state index contributed by atoms with van der Waals surface area (Å²) >= 11 is 0. The van der Waals surface area contributed by atoms with Crippen molar-refractivity contribution in [2.45, 2.75) is 12.5 Å². The molecule has 2 N–H and O–H groups in total. The lowest BCUT2D eigenvalue weighted by atomic mass is 10.2. The van der Waals surface area contributed by atoms with Crippen LogP contribution in [-0.4, -0.2) is 31.6 Å². The number of amides is 3. The van der Waals surface area contributed by atoms with Gasteiger partial charge in [-0.05, 0) is 24.3 Å². The maximum absolute atomic E-state index is 12.2. The average molecular weight is 325 g/mol. The smallest absolute Gasteiger partial charge is 0.319 e. The predicted molar refractivity (Wildman–Crippen MR) is 92.3 cm³/mol. The molecule has 0 saturated carbocycles. The molecule has 2 aromatic carbocycles. The molecule has 2 aromatic rings. The lowest BCUT2D eigenvalue weighted by molar-refractivity contribution is -0.117. The first kappa shape index (κ1) is 15.9. The van der Waals surface area contributed by atoms with E-state index < -0.39 is 0 Å². The van der Waals surface area contributed by atoms with Crippen LogP contribution in [0.5, 0.6) is 5.75 Å². The van der Waals surface area contributed by atoms with E-state index >= 15 is 0 Å². The highest BCUT2D eigenvalue weighted by atomic mass is 16.5. The molecule has 1 aliphatic rings. The summed E-state index contributed by atoms with van der Waals surface area (Å²) in [6, 6.07) is 16.0. The van der Waals surface area contributed by atoms with Crippen LogP contribution in [0.4, 0.5) is 16.2 Å². The Labute approximate surface area is 140 Å². The Balaban J connectivity index is 1.61. The summed E-state index contributed by atoms with van der Waals surface area (Å²) in [5, 5.41) is 5.59. The highest BCUT2D eigenvalue weighted by molar-refractivity contribution is 5.97. The van der Waals surface area contributed by atoms with Crippen LogP contribution < -0.4 is 20.3 Å². The number of hydrogen-bond acceptors (Lipinski definition) is 3. The van der Waals surface area contributed by atoms with Crippen molar-refractivity contribution < 1.29 is 14.3 Å². The highest BCUT2D eigenvalue weighted by Gasteiger charge is 2.31. The molecule has 0 aliphatic carbocycles. The standard InChI is InChI=1S/C18H19N3O3/c1-24-16-10-6-5-9-15(16)20-18(23)19-13-11-17(22)21(12-13)14-7-3-2-4-8-14/h2-10,13H,11-12H2,1H3,(H2,19,20,23). The first-order chi connectivity index (χ1) is 11.7. The van der Waals surface area contributed by atoms with Crippen LogP contribution in [0.3, 0.4) is 0 Å². The Hall–Kier alpha value is -3.02. The van der Waals surface area contributed by atoms with Gasteiger partial charge in [0.05, 0.1) is 18.8 Å². The van der Waals surface area contributed by atoms with E-state index in [2.05, 4.69) is 10.6 Å². The van der Waals surface area contributed by atoms with Gasteiger partial charge in [0.15, 0.2) is 0 Å². The Morgan fingerprint density at radius 2 is 1.83 bits per heavy atom. The van der Waals surface area contributed by atoms with Gasteiger partial charge in [-0.1, -0.05) is 30.3 Å². The monoisotopic (exact) mass is 325 g/mol. The van der Waals surface area contributed by atoms with Crippen LogP contribution in [0.2, 0.25) is 0 Å². The molecule has 6 heteroatoms. The van der Waals surface area contributed by atoms with Crippen molar-refractivity contribution in [2.75, 3.05) is 23.9 Å². The molecule has 1 aliphatic heterocycles. The van der Waals surface area contributed by atoms with Crippen LogP contribution in [0, 0.1) is 0 Å². The molecular weight excluding hydrogens is 306 g/mol. The number of benzene rings is 2. The Morgan fingerprint density at radius 3 is 2.58 bits per heavy atom. The number of urea groups is 1. The SMILES string of the molecule is COc1ccccc1NC(=O)NC1CC(=O)N(c2ccccc2)C1. The van der Waals surface area contributed by atoms with Crippen molar-refractivity contribution in [3.63, 3.8) is 0 Å². The van der Waals surface area contributed by atoms with E-state index in [4.69, 9.17) is 4.74 Å². The summed E-state index contributed by atoms with van der Waals surface area (Å²) in [6.45, 7) is 0.461. The van der Waals surface area contributed by atoms with Crippen molar-refractivity contribution in [3.05, 3.63) is 54.6 Å². The van der Waals surface area contributed by atoms with Crippen molar-refractivity contribution >= 4 is 23.3 Å². The minimum absolute atomic E-state index is 0.00351. The zero-order valence-electron chi connectivity index (χ0n) is 13.4. The summed E-state index contributed by atoms with van der Waals surface area (Å²) in [5.74, 6) is 0.588. The maximum Gasteiger partial charge on any atom is 0.319 e. The van der Waals surface area contributed by atoms with Crippen molar-refractivity contribution in [1.29, 1.82) is 0 Å². The molecule has 0 aromatic heterocycles. The predicted octanol–water partition coefficient (Wildman–Crippen LogP) is 2.62. The zero-order chi connectivity index (χ0) is 16.9. The number of carbonyl (C=O) groups excluding carboxylic acids is 2. The molecule has 1 heterocycles. The van der Waals surface area contributed by atoms with Crippen molar-refractivity contribution in [1.82, 2.24) is 5.32 Å². The fourth-order valence-corrected chi connectivity index (χ4v) is 2.75. The van der Waals surface area contributed by atoms with E-state index in [0.29, 0.717) is 18.0 Å². The van der Waals surface area contributed by atoms with E-state index in [-0.39, 0.29) is 24.4 Å². The minimum Gasteiger partial charge on any atom is -0.495 e. The van der Waals surface area contributed by atoms with Crippen LogP contribution in [0.1, 0.15) is 6.42 Å². The van der Waals surface area contributed by atoms with Gasteiger partial charge in [-0.3, -0.25) is 4.79 Å². The van der Waals surface area contributed by atoms with Gasteiger partial charge in [-0.2, -0.15) is 0 Å². The van der Waals surface area contributed by atoms with E-state index in [1.807, 2.05) is 42.5 Å². The molecule has 0 bridgehead atoms. The summed E-state index contributed by atoms with van der Waals surface area (Å²) in [7, 11) is 1.55. The molecule has 3 amide bonds. The molecular formula is C18H19N3O3. The fourth-order valence-electron chi connectivity index (χ4n) is 2.75. The molecule has 6 nitrogen and oxygen atoms in total. The topological polar surface area (TPSA) is 70.7 Å². The quantitative estimate of drug-likeness (QED) is 0.908. The number of nitrogens with one attached hydrogen (secondary N) is 2. The number of rotatable bonds is 4. The van der Waals surface area contributed by atoms with E-state index in [9.17, 15) is 9.59 Å². The summed E-state index contributed by atoms with van der Waals surface area (Å²) in [4.78, 5) is 26.0. The fraction of sp³-hybridized carbons (Fsp3) is 0.222. The van der Waals surface area contributed by atoms with Crippen LogP contribution >= 0.6 is 0 Å². The third-order valence-electron chi connectivity index (χ3n) is 3.88. The summed E-state index contributed by atoms with van der Waals surface area (Å²) in [6.07, 6.45) is 0.286. The average Bonchev–Trinajstić information content (AvgIpc) is 2.96. The van der Waals surface area contributed by atoms with Gasteiger partial charge < -0.3 is 20.3 Å². The van der Waals surface area contributed by atoms with Crippen LogP contribution in [0.15, 0.2) is 54.6 Å². The molecule has 3 rings (SSSR count). The molecule has 0 radical (unpaired) electrons. The van der Waals surface area contributed by atoms with Crippen molar-refractivity contribution in [2.24, 2.45) is 0 Å². The van der Waals surface area contributed by atoms with Gasteiger partial charge in [-0.15, -0.1) is 0 Å². The lowest BCUT2D eigenvalue weighted by Crippen LogP contribution is -2.39. The number of nitrogens with zero attached hydrogens (tertiary/aromatic N) is 1. The number of carbonyl (C=O) groups is 2. The van der Waals surface area contributed by atoms with Crippen molar-refractivity contribution in [3.8, 4) is 5.75 Å². The largest absolute Gasteiger partial charge is 0.495 e. The van der Waals surface area contributed by atoms with Crippen LogP contribution in [-0.2, 0) is 4.79 Å². The number of hydrogen-bond donors (Lipinski definition) is 2. The first-order valence-electron chi connectivity index (χ1n) is 7.73. The Morgan fingerprint density at radius 1 is 1.12 bits per heavy atom. The Bertz CT molecular complexity index is 733. The molecule has 1 saturated heterocycles. The number of methoxy groups -OCH3 is 1. The van der Waals surface area contributed by atoms with Gasteiger partial charge >= 0.3 is 6.03 Å². The molecule has 24 heavy (non-hydrogen) atoms. The second-order valence-corrected chi connectivity index (χ2v) is 5.54. The third kappa shape index (κ3) is 3.48. The number of para-hydroxylation sites is 3.